The van der Waals surface area contributed by atoms with E-state index in [9.17, 15) is 18.0 Å². The summed E-state index contributed by atoms with van der Waals surface area (Å²) in [5.74, 6) is 0. The number of carbonyl (C=O) groups excluding carboxylic acids is 1. The van der Waals surface area contributed by atoms with Crippen molar-refractivity contribution < 1.29 is 18.0 Å². The van der Waals surface area contributed by atoms with Gasteiger partial charge in [0.25, 0.3) is 0 Å². The SMILES string of the molecule is O=C(NCc1cccc(C(F)(F)F)c1)NCc1cnn(-c2ccccc2)c1. The first kappa shape index (κ1) is 18.5. The van der Waals surface area contributed by atoms with Crippen LogP contribution in [0.4, 0.5) is 18.0 Å². The van der Waals surface area contributed by atoms with Crippen LogP contribution < -0.4 is 10.6 Å². The fourth-order valence-corrected chi connectivity index (χ4v) is 2.46. The third-order valence-corrected chi connectivity index (χ3v) is 3.82. The predicted octanol–water partition coefficient (Wildman–Crippen LogP) is 3.89. The van der Waals surface area contributed by atoms with Gasteiger partial charge in [-0.15, -0.1) is 0 Å². The molecule has 0 aliphatic carbocycles. The highest BCUT2D eigenvalue weighted by Crippen LogP contribution is 2.29. The highest BCUT2D eigenvalue weighted by Gasteiger charge is 2.30. The lowest BCUT2D eigenvalue weighted by molar-refractivity contribution is -0.137. The number of nitrogens with one attached hydrogen (secondary N) is 2. The van der Waals surface area contributed by atoms with Gasteiger partial charge in [0.05, 0.1) is 17.4 Å². The first-order valence-electron chi connectivity index (χ1n) is 8.18. The maximum Gasteiger partial charge on any atom is 0.416 e. The van der Waals surface area contributed by atoms with Gasteiger partial charge in [-0.25, -0.2) is 9.48 Å². The van der Waals surface area contributed by atoms with Gasteiger partial charge in [0, 0.05) is 24.8 Å². The summed E-state index contributed by atoms with van der Waals surface area (Å²) in [4.78, 5) is 11.9. The molecule has 0 aliphatic rings. The minimum atomic E-state index is -4.41. The third-order valence-electron chi connectivity index (χ3n) is 3.82. The number of nitrogens with zero attached hydrogens (tertiary/aromatic N) is 2. The molecule has 2 aromatic carbocycles. The Morgan fingerprint density at radius 1 is 0.963 bits per heavy atom. The molecule has 0 radical (unpaired) electrons. The molecule has 2 amide bonds. The van der Waals surface area contributed by atoms with Gasteiger partial charge in [0.1, 0.15) is 0 Å². The number of halogens is 3. The number of aromatic nitrogens is 2. The van der Waals surface area contributed by atoms with Crippen LogP contribution >= 0.6 is 0 Å². The highest BCUT2D eigenvalue weighted by atomic mass is 19.4. The molecule has 0 aliphatic heterocycles. The summed E-state index contributed by atoms with van der Waals surface area (Å²) in [7, 11) is 0. The lowest BCUT2D eigenvalue weighted by Gasteiger charge is -2.10. The molecule has 0 atom stereocenters. The van der Waals surface area contributed by atoms with E-state index in [1.54, 1.807) is 17.1 Å². The summed E-state index contributed by atoms with van der Waals surface area (Å²) >= 11 is 0. The molecular formula is C19H17F3N4O. The number of urea groups is 1. The van der Waals surface area contributed by atoms with Crippen LogP contribution in [-0.4, -0.2) is 15.8 Å². The Bertz CT molecular complexity index is 907. The Morgan fingerprint density at radius 3 is 2.37 bits per heavy atom. The number of benzene rings is 2. The van der Waals surface area contributed by atoms with Crippen molar-refractivity contribution >= 4 is 6.03 Å². The van der Waals surface area contributed by atoms with Gasteiger partial charge in [0.15, 0.2) is 0 Å². The van der Waals surface area contributed by atoms with Crippen molar-refractivity contribution in [3.63, 3.8) is 0 Å². The van der Waals surface area contributed by atoms with Crippen LogP contribution in [-0.2, 0) is 19.3 Å². The predicted molar refractivity (Wildman–Crippen MR) is 94.1 cm³/mol. The van der Waals surface area contributed by atoms with Crippen LogP contribution in [0, 0.1) is 0 Å². The van der Waals surface area contributed by atoms with E-state index in [1.807, 2.05) is 30.3 Å². The molecule has 0 unspecified atom stereocenters. The van der Waals surface area contributed by atoms with Gasteiger partial charge in [0.2, 0.25) is 0 Å². The molecule has 27 heavy (non-hydrogen) atoms. The monoisotopic (exact) mass is 374 g/mol. The van der Waals surface area contributed by atoms with E-state index in [0.717, 1.165) is 23.4 Å². The van der Waals surface area contributed by atoms with Crippen molar-refractivity contribution in [2.75, 3.05) is 0 Å². The second-order valence-corrected chi connectivity index (χ2v) is 5.86. The van der Waals surface area contributed by atoms with Crippen molar-refractivity contribution in [2.45, 2.75) is 19.3 Å². The van der Waals surface area contributed by atoms with Gasteiger partial charge in [-0.05, 0) is 29.8 Å². The first-order chi connectivity index (χ1) is 12.9. The van der Waals surface area contributed by atoms with Gasteiger partial charge < -0.3 is 10.6 Å². The molecule has 0 saturated carbocycles. The van der Waals surface area contributed by atoms with E-state index in [1.165, 1.54) is 12.1 Å². The average molecular weight is 374 g/mol. The summed E-state index contributed by atoms with van der Waals surface area (Å²) in [5, 5.41) is 9.42. The summed E-state index contributed by atoms with van der Waals surface area (Å²) in [6.07, 6.45) is -0.973. The Morgan fingerprint density at radius 2 is 1.67 bits per heavy atom. The molecule has 2 N–H and O–H groups in total. The number of rotatable bonds is 5. The molecule has 5 nitrogen and oxygen atoms in total. The normalized spacial score (nSPS) is 11.2. The van der Waals surface area contributed by atoms with Crippen LogP contribution in [0.25, 0.3) is 5.69 Å². The zero-order chi connectivity index (χ0) is 19.3. The summed E-state index contributed by atoms with van der Waals surface area (Å²) < 4.78 is 39.8. The summed E-state index contributed by atoms with van der Waals surface area (Å²) in [6, 6.07) is 13.9. The second-order valence-electron chi connectivity index (χ2n) is 5.86. The van der Waals surface area contributed by atoms with Crippen LogP contribution in [0.2, 0.25) is 0 Å². The van der Waals surface area contributed by atoms with Crippen molar-refractivity contribution in [3.05, 3.63) is 83.7 Å². The Kier molecular flexibility index (Phi) is 5.44. The highest BCUT2D eigenvalue weighted by molar-refractivity contribution is 5.73. The summed E-state index contributed by atoms with van der Waals surface area (Å²) in [5.41, 5.74) is 1.33. The van der Waals surface area contributed by atoms with Crippen LogP contribution in [0.5, 0.6) is 0 Å². The molecule has 140 valence electrons. The lowest BCUT2D eigenvalue weighted by Crippen LogP contribution is -2.34. The lowest BCUT2D eigenvalue weighted by atomic mass is 10.1. The zero-order valence-corrected chi connectivity index (χ0v) is 14.2. The largest absolute Gasteiger partial charge is 0.416 e. The Labute approximate surface area is 153 Å². The molecule has 3 aromatic rings. The number of carbonyl (C=O) groups is 1. The van der Waals surface area contributed by atoms with Crippen molar-refractivity contribution in [1.82, 2.24) is 20.4 Å². The molecular weight excluding hydrogens is 357 g/mol. The van der Waals surface area contributed by atoms with Gasteiger partial charge in [-0.3, -0.25) is 0 Å². The smallest absolute Gasteiger partial charge is 0.334 e. The van der Waals surface area contributed by atoms with Gasteiger partial charge in [-0.1, -0.05) is 30.3 Å². The molecule has 1 aromatic heterocycles. The fourth-order valence-electron chi connectivity index (χ4n) is 2.46. The molecule has 0 bridgehead atoms. The second kappa shape index (κ2) is 7.94. The zero-order valence-electron chi connectivity index (χ0n) is 14.2. The van der Waals surface area contributed by atoms with Crippen LogP contribution in [0.3, 0.4) is 0 Å². The molecule has 1 heterocycles. The maximum absolute atomic E-state index is 12.7. The third kappa shape index (κ3) is 5.10. The quantitative estimate of drug-likeness (QED) is 0.712. The topological polar surface area (TPSA) is 59.0 Å². The molecule has 3 rings (SSSR count). The molecule has 0 spiro atoms. The van der Waals surface area contributed by atoms with Gasteiger partial charge >= 0.3 is 12.2 Å². The van der Waals surface area contributed by atoms with E-state index in [0.29, 0.717) is 5.56 Å². The maximum atomic E-state index is 12.7. The number of hydrogen-bond acceptors (Lipinski definition) is 2. The first-order valence-corrected chi connectivity index (χ1v) is 8.18. The van der Waals surface area contributed by atoms with Crippen molar-refractivity contribution in [2.24, 2.45) is 0 Å². The van der Waals surface area contributed by atoms with E-state index in [-0.39, 0.29) is 13.1 Å². The summed E-state index contributed by atoms with van der Waals surface area (Å²) in [6.45, 7) is 0.250. The van der Waals surface area contributed by atoms with E-state index >= 15 is 0 Å². The number of hydrogen-bond donors (Lipinski definition) is 2. The van der Waals surface area contributed by atoms with E-state index < -0.39 is 17.8 Å². The van der Waals surface area contributed by atoms with Crippen molar-refractivity contribution in [3.8, 4) is 5.69 Å². The molecule has 0 saturated heterocycles. The van der Waals surface area contributed by atoms with E-state index in [2.05, 4.69) is 15.7 Å². The van der Waals surface area contributed by atoms with Crippen molar-refractivity contribution in [1.29, 1.82) is 0 Å². The number of para-hydroxylation sites is 1. The minimum Gasteiger partial charge on any atom is -0.334 e. The number of amides is 2. The number of alkyl halides is 3. The Hall–Kier alpha value is -3.29. The fraction of sp³-hybridized carbons (Fsp3) is 0.158. The Balaban J connectivity index is 1.50. The van der Waals surface area contributed by atoms with Crippen LogP contribution in [0.15, 0.2) is 67.0 Å². The minimum absolute atomic E-state index is 0.000962. The molecule has 0 fully saturated rings. The van der Waals surface area contributed by atoms with E-state index in [4.69, 9.17) is 0 Å². The standard InChI is InChI=1S/C19H17F3N4O/c20-19(21,22)16-6-4-5-14(9-16)10-23-18(27)24-11-15-12-25-26(13-15)17-7-2-1-3-8-17/h1-9,12-13H,10-11H2,(H2,23,24,27). The molecule has 8 heteroatoms. The average Bonchev–Trinajstić information content (AvgIpc) is 3.14. The van der Waals surface area contributed by atoms with Crippen LogP contribution in [0.1, 0.15) is 16.7 Å². The van der Waals surface area contributed by atoms with Gasteiger partial charge in [-0.2, -0.15) is 18.3 Å².